The van der Waals surface area contributed by atoms with Gasteiger partial charge in [0.05, 0.1) is 12.5 Å². The Bertz CT molecular complexity index is 765. The molecule has 0 aliphatic rings. The van der Waals surface area contributed by atoms with Gasteiger partial charge in [0.1, 0.15) is 23.5 Å². The molecule has 2 aromatic heterocycles. The van der Waals surface area contributed by atoms with E-state index < -0.39 is 23.5 Å². The predicted octanol–water partition coefficient (Wildman–Crippen LogP) is -1.74. The molecule has 9 heteroatoms. The summed E-state index contributed by atoms with van der Waals surface area (Å²) in [6.45, 7) is 0. The van der Waals surface area contributed by atoms with Crippen LogP contribution in [0.1, 0.15) is 18.3 Å². The molecule has 0 saturated heterocycles. The van der Waals surface area contributed by atoms with Gasteiger partial charge in [-0.1, -0.05) is 0 Å². The third-order valence-electron chi connectivity index (χ3n) is 2.72. The van der Waals surface area contributed by atoms with E-state index in [1.807, 2.05) is 0 Å². The van der Waals surface area contributed by atoms with Gasteiger partial charge in [0.25, 0.3) is 5.56 Å². The molecule has 0 fully saturated rings. The molecule has 0 radical (unpaired) electrons. The minimum Gasteiger partial charge on any atom is -0.389 e. The molecule has 0 amide bonds. The van der Waals surface area contributed by atoms with Crippen molar-refractivity contribution in [2.45, 2.75) is 18.6 Å². The average molecular weight is 265 g/mol. The van der Waals surface area contributed by atoms with E-state index >= 15 is 0 Å². The molecular formula is C10H11N5O4. The van der Waals surface area contributed by atoms with Crippen LogP contribution in [0.5, 0.6) is 0 Å². The monoisotopic (exact) mass is 265 g/mol. The molecule has 2 unspecified atom stereocenters. The van der Waals surface area contributed by atoms with Gasteiger partial charge in [0.2, 0.25) is 0 Å². The lowest BCUT2D eigenvalue weighted by atomic mass is 10.1. The summed E-state index contributed by atoms with van der Waals surface area (Å²) >= 11 is 0. The number of H-pyrrole nitrogens is 2. The zero-order valence-corrected chi connectivity index (χ0v) is 9.91. The number of nitriles is 1. The number of fused-ring (bicyclic) bond motifs is 1. The van der Waals surface area contributed by atoms with E-state index in [2.05, 4.69) is 15.0 Å². The summed E-state index contributed by atoms with van der Waals surface area (Å²) in [6, 6.07) is 1.71. The van der Waals surface area contributed by atoms with Crippen LogP contribution in [0, 0.1) is 11.3 Å². The van der Waals surface area contributed by atoms with Crippen molar-refractivity contribution in [1.82, 2.24) is 19.5 Å². The minimum absolute atomic E-state index is 0.0142. The van der Waals surface area contributed by atoms with Crippen molar-refractivity contribution in [3.8, 4) is 6.07 Å². The highest BCUT2D eigenvalue weighted by Gasteiger charge is 2.23. The molecule has 100 valence electrons. The number of nitrogens with one attached hydrogen (secondary N) is 2. The Morgan fingerprint density at radius 2 is 2.11 bits per heavy atom. The van der Waals surface area contributed by atoms with E-state index in [4.69, 9.17) is 5.26 Å². The van der Waals surface area contributed by atoms with Crippen molar-refractivity contribution in [1.29, 1.82) is 5.26 Å². The number of aromatic nitrogens is 4. The van der Waals surface area contributed by atoms with Gasteiger partial charge in [-0.05, 0) is 0 Å². The van der Waals surface area contributed by atoms with E-state index in [-0.39, 0.29) is 23.4 Å². The van der Waals surface area contributed by atoms with Crippen molar-refractivity contribution in [3.05, 3.63) is 26.7 Å². The summed E-state index contributed by atoms with van der Waals surface area (Å²) in [4.78, 5) is 31.4. The Kier molecular flexibility index (Phi) is 3.20. The van der Waals surface area contributed by atoms with Crippen LogP contribution >= 0.6 is 0 Å². The van der Waals surface area contributed by atoms with Gasteiger partial charge >= 0.3 is 5.69 Å². The largest absolute Gasteiger partial charge is 0.389 e. The standard InChI is InChI=1S/C10H11N5O4/c1-15-8-5(9(18)14-10(15)19)12-7(13-8)6(17)4(16)2-3-11/h4,6,16-17H,2H2,1H3,(H,12,13)(H,14,18,19). The topological polar surface area (TPSA) is 148 Å². The first kappa shape index (κ1) is 13.0. The first-order chi connectivity index (χ1) is 8.95. The highest BCUT2D eigenvalue weighted by molar-refractivity contribution is 5.69. The number of aliphatic hydroxyl groups is 2. The zero-order chi connectivity index (χ0) is 14.2. The number of nitrogens with zero attached hydrogens (tertiary/aromatic N) is 3. The number of hydrogen-bond donors (Lipinski definition) is 4. The Hall–Kier alpha value is -2.44. The van der Waals surface area contributed by atoms with Crippen molar-refractivity contribution >= 4 is 11.2 Å². The molecule has 2 aromatic rings. The molecule has 0 spiro atoms. The quantitative estimate of drug-likeness (QED) is 0.517. The molecule has 0 bridgehead atoms. The van der Waals surface area contributed by atoms with Crippen LogP contribution in [0.15, 0.2) is 9.59 Å². The van der Waals surface area contributed by atoms with Crippen LogP contribution in [0.25, 0.3) is 11.2 Å². The van der Waals surface area contributed by atoms with E-state index in [1.54, 1.807) is 6.07 Å². The van der Waals surface area contributed by atoms with Crippen LogP contribution < -0.4 is 11.2 Å². The number of hydrogen-bond acceptors (Lipinski definition) is 6. The van der Waals surface area contributed by atoms with Gasteiger partial charge in [0, 0.05) is 7.05 Å². The second-order valence-electron chi connectivity index (χ2n) is 4.01. The molecule has 0 aliphatic heterocycles. The Morgan fingerprint density at radius 3 is 2.74 bits per heavy atom. The molecule has 0 aliphatic carbocycles. The van der Waals surface area contributed by atoms with Crippen molar-refractivity contribution < 1.29 is 10.2 Å². The molecule has 2 atom stereocenters. The van der Waals surface area contributed by atoms with Crippen LogP contribution in [-0.4, -0.2) is 35.8 Å². The van der Waals surface area contributed by atoms with E-state index in [9.17, 15) is 19.8 Å². The summed E-state index contributed by atoms with van der Waals surface area (Å²) < 4.78 is 1.10. The third-order valence-corrected chi connectivity index (χ3v) is 2.72. The highest BCUT2D eigenvalue weighted by atomic mass is 16.3. The summed E-state index contributed by atoms with van der Waals surface area (Å²) in [5.41, 5.74) is -1.23. The molecule has 9 nitrogen and oxygen atoms in total. The maximum Gasteiger partial charge on any atom is 0.329 e. The van der Waals surface area contributed by atoms with Gasteiger partial charge in [-0.2, -0.15) is 5.26 Å². The molecule has 0 aromatic carbocycles. The summed E-state index contributed by atoms with van der Waals surface area (Å²) in [5, 5.41) is 27.7. The second kappa shape index (κ2) is 4.68. The van der Waals surface area contributed by atoms with Crippen LogP contribution in [0.4, 0.5) is 0 Å². The predicted molar refractivity (Wildman–Crippen MR) is 63.2 cm³/mol. The molecule has 19 heavy (non-hydrogen) atoms. The van der Waals surface area contributed by atoms with Crippen LogP contribution in [0.3, 0.4) is 0 Å². The van der Waals surface area contributed by atoms with Crippen molar-refractivity contribution in [2.24, 2.45) is 7.05 Å². The van der Waals surface area contributed by atoms with Crippen molar-refractivity contribution in [3.63, 3.8) is 0 Å². The molecule has 2 rings (SSSR count). The summed E-state index contributed by atoms with van der Waals surface area (Å²) in [7, 11) is 1.41. The third kappa shape index (κ3) is 2.14. The Labute approximate surface area is 105 Å². The minimum atomic E-state index is -1.44. The SMILES string of the molecule is Cn1c(=O)[nH]c(=O)c2[nH]c(C(O)C(O)CC#N)nc21. The highest BCUT2D eigenvalue weighted by Crippen LogP contribution is 2.17. The number of aromatic amines is 2. The molecule has 4 N–H and O–H groups in total. The molecule has 2 heterocycles. The lowest BCUT2D eigenvalue weighted by Gasteiger charge is -2.11. The fraction of sp³-hybridized carbons (Fsp3) is 0.400. The zero-order valence-electron chi connectivity index (χ0n) is 9.91. The van der Waals surface area contributed by atoms with Gasteiger partial charge < -0.3 is 15.2 Å². The number of aryl methyl sites for hydroxylation is 1. The first-order valence-corrected chi connectivity index (χ1v) is 5.37. The number of rotatable bonds is 3. The number of imidazole rings is 1. The Morgan fingerprint density at radius 1 is 1.42 bits per heavy atom. The summed E-state index contributed by atoms with van der Waals surface area (Å²) in [6.07, 6.45) is -3.06. The fourth-order valence-corrected chi connectivity index (χ4v) is 1.65. The van der Waals surface area contributed by atoms with E-state index in [1.165, 1.54) is 7.05 Å². The maximum absolute atomic E-state index is 11.5. The van der Waals surface area contributed by atoms with Crippen LogP contribution in [-0.2, 0) is 7.05 Å². The summed E-state index contributed by atoms with van der Waals surface area (Å²) in [5.74, 6) is -0.0792. The van der Waals surface area contributed by atoms with Gasteiger partial charge in [-0.3, -0.25) is 14.3 Å². The van der Waals surface area contributed by atoms with Crippen molar-refractivity contribution in [2.75, 3.05) is 0 Å². The lowest BCUT2D eigenvalue weighted by molar-refractivity contribution is 0.0169. The lowest BCUT2D eigenvalue weighted by Crippen LogP contribution is -2.28. The first-order valence-electron chi connectivity index (χ1n) is 5.37. The van der Waals surface area contributed by atoms with Gasteiger partial charge in [-0.25, -0.2) is 9.78 Å². The fourth-order valence-electron chi connectivity index (χ4n) is 1.65. The second-order valence-corrected chi connectivity index (χ2v) is 4.01. The average Bonchev–Trinajstić information content (AvgIpc) is 2.81. The van der Waals surface area contributed by atoms with Crippen LogP contribution in [0.2, 0.25) is 0 Å². The Balaban J connectivity index is 2.57. The molecular weight excluding hydrogens is 254 g/mol. The van der Waals surface area contributed by atoms with E-state index in [0.29, 0.717) is 0 Å². The maximum atomic E-state index is 11.5. The molecule has 0 saturated carbocycles. The number of aliphatic hydroxyl groups excluding tert-OH is 2. The van der Waals surface area contributed by atoms with E-state index in [0.717, 1.165) is 4.57 Å². The normalized spacial score (nSPS) is 14.2. The van der Waals surface area contributed by atoms with Gasteiger partial charge in [0.15, 0.2) is 5.65 Å². The van der Waals surface area contributed by atoms with Gasteiger partial charge in [-0.15, -0.1) is 0 Å². The smallest absolute Gasteiger partial charge is 0.329 e.